The topological polar surface area (TPSA) is 26.3 Å². The molecule has 0 aromatic heterocycles. The molecule has 2 nitrogen and oxygen atoms in total. The zero-order valence-electron chi connectivity index (χ0n) is 10.6. The Morgan fingerprint density at radius 3 is 2.75 bits per heavy atom. The minimum Gasteiger partial charge on any atom is -0.465 e. The average Bonchev–Trinajstić information content (AvgIpc) is 2.24. The summed E-state index contributed by atoms with van der Waals surface area (Å²) >= 11 is 0. The normalized spacial score (nSPS) is 26.8. The smallest absolute Gasteiger partial charge is 0.293 e. The molecule has 2 heteroatoms. The van der Waals surface area contributed by atoms with Crippen LogP contribution in [0.25, 0.3) is 0 Å². The summed E-state index contributed by atoms with van der Waals surface area (Å²) in [6, 6.07) is 0. The van der Waals surface area contributed by atoms with E-state index >= 15 is 0 Å². The van der Waals surface area contributed by atoms with Crippen LogP contribution in [0.5, 0.6) is 0 Å². The molecule has 0 aromatic carbocycles. The van der Waals surface area contributed by atoms with Crippen molar-refractivity contribution in [2.75, 3.05) is 0 Å². The van der Waals surface area contributed by atoms with Crippen LogP contribution in [0.3, 0.4) is 0 Å². The summed E-state index contributed by atoms with van der Waals surface area (Å²) in [4.78, 5) is 10.4. The van der Waals surface area contributed by atoms with E-state index in [-0.39, 0.29) is 6.10 Å². The summed E-state index contributed by atoms with van der Waals surface area (Å²) in [7, 11) is 0. The van der Waals surface area contributed by atoms with Crippen molar-refractivity contribution in [3.63, 3.8) is 0 Å². The van der Waals surface area contributed by atoms with Crippen LogP contribution in [-0.4, -0.2) is 12.6 Å². The van der Waals surface area contributed by atoms with Gasteiger partial charge in [0.1, 0.15) is 6.10 Å². The molecule has 1 aliphatic carbocycles. The van der Waals surface area contributed by atoms with Crippen LogP contribution in [0.1, 0.15) is 71.1 Å². The zero-order valence-corrected chi connectivity index (χ0v) is 10.6. The molecule has 0 radical (unpaired) electrons. The Bertz CT molecular complexity index is 180. The van der Waals surface area contributed by atoms with Crippen LogP contribution in [-0.2, 0) is 9.53 Å². The largest absolute Gasteiger partial charge is 0.465 e. The fourth-order valence-corrected chi connectivity index (χ4v) is 2.74. The van der Waals surface area contributed by atoms with E-state index < -0.39 is 0 Å². The summed E-state index contributed by atoms with van der Waals surface area (Å²) in [5, 5.41) is 0. The molecule has 16 heavy (non-hydrogen) atoms. The lowest BCUT2D eigenvalue weighted by Gasteiger charge is -2.25. The van der Waals surface area contributed by atoms with Crippen LogP contribution >= 0.6 is 0 Å². The van der Waals surface area contributed by atoms with Gasteiger partial charge in [-0.2, -0.15) is 0 Å². The van der Waals surface area contributed by atoms with E-state index in [9.17, 15) is 4.79 Å². The Labute approximate surface area is 99.8 Å². The van der Waals surface area contributed by atoms with E-state index in [2.05, 4.69) is 6.92 Å². The summed E-state index contributed by atoms with van der Waals surface area (Å²) < 4.78 is 5.17. The van der Waals surface area contributed by atoms with Gasteiger partial charge in [-0.25, -0.2) is 0 Å². The summed E-state index contributed by atoms with van der Waals surface area (Å²) in [6.07, 6.45) is 12.9. The molecule has 0 bridgehead atoms. The number of hydrogen-bond acceptors (Lipinski definition) is 2. The maximum atomic E-state index is 10.4. The first-order valence-corrected chi connectivity index (χ1v) is 6.96. The second-order valence-corrected chi connectivity index (χ2v) is 5.09. The van der Waals surface area contributed by atoms with Gasteiger partial charge in [-0.3, -0.25) is 4.79 Å². The molecule has 0 N–H and O–H groups in total. The molecule has 0 saturated heterocycles. The number of carbonyl (C=O) groups is 1. The lowest BCUT2D eigenvalue weighted by molar-refractivity contribution is -0.135. The lowest BCUT2D eigenvalue weighted by Crippen LogP contribution is -2.19. The Morgan fingerprint density at radius 2 is 2.00 bits per heavy atom. The van der Waals surface area contributed by atoms with Gasteiger partial charge in [0, 0.05) is 0 Å². The summed E-state index contributed by atoms with van der Waals surface area (Å²) in [6.45, 7) is 2.88. The van der Waals surface area contributed by atoms with Gasteiger partial charge >= 0.3 is 0 Å². The van der Waals surface area contributed by atoms with Crippen LogP contribution in [0.4, 0.5) is 0 Å². The quantitative estimate of drug-likeness (QED) is 0.504. The van der Waals surface area contributed by atoms with Gasteiger partial charge < -0.3 is 4.74 Å². The highest BCUT2D eigenvalue weighted by molar-refractivity contribution is 5.37. The summed E-state index contributed by atoms with van der Waals surface area (Å²) in [5.41, 5.74) is 0. The Kier molecular flexibility index (Phi) is 7.28. The zero-order chi connectivity index (χ0) is 11.6. The fourth-order valence-electron chi connectivity index (χ4n) is 2.74. The van der Waals surface area contributed by atoms with E-state index in [1.165, 1.54) is 51.4 Å². The molecule has 0 spiro atoms. The van der Waals surface area contributed by atoms with Crippen molar-refractivity contribution in [1.82, 2.24) is 0 Å². The van der Waals surface area contributed by atoms with Crippen molar-refractivity contribution in [2.45, 2.75) is 77.2 Å². The first-order valence-electron chi connectivity index (χ1n) is 6.96. The van der Waals surface area contributed by atoms with E-state index in [0.29, 0.717) is 6.47 Å². The van der Waals surface area contributed by atoms with E-state index in [1.54, 1.807) is 0 Å². The van der Waals surface area contributed by atoms with E-state index in [4.69, 9.17) is 4.74 Å². The van der Waals surface area contributed by atoms with E-state index in [1.807, 2.05) is 0 Å². The minimum absolute atomic E-state index is 0.199. The number of hydrogen-bond donors (Lipinski definition) is 0. The number of ether oxygens (including phenoxy) is 1. The molecule has 1 aliphatic rings. The molecule has 1 saturated carbocycles. The Morgan fingerprint density at radius 1 is 1.19 bits per heavy atom. The van der Waals surface area contributed by atoms with Crippen molar-refractivity contribution >= 4 is 6.47 Å². The van der Waals surface area contributed by atoms with Crippen molar-refractivity contribution in [2.24, 2.45) is 5.92 Å². The highest BCUT2D eigenvalue weighted by Gasteiger charge is 2.19. The monoisotopic (exact) mass is 226 g/mol. The average molecular weight is 226 g/mol. The summed E-state index contributed by atoms with van der Waals surface area (Å²) in [5.74, 6) is 0.789. The Balaban J connectivity index is 2.30. The fraction of sp³-hybridized carbons (Fsp3) is 0.929. The number of carbonyl (C=O) groups excluding carboxylic acids is 1. The highest BCUT2D eigenvalue weighted by atomic mass is 16.5. The van der Waals surface area contributed by atoms with Gasteiger partial charge in [-0.1, -0.05) is 51.9 Å². The van der Waals surface area contributed by atoms with Gasteiger partial charge in [0.05, 0.1) is 0 Å². The molecule has 94 valence electrons. The van der Waals surface area contributed by atoms with Crippen molar-refractivity contribution < 1.29 is 9.53 Å². The molecule has 2 atom stereocenters. The van der Waals surface area contributed by atoms with Gasteiger partial charge in [0.2, 0.25) is 0 Å². The highest BCUT2D eigenvalue weighted by Crippen LogP contribution is 2.28. The van der Waals surface area contributed by atoms with Crippen LogP contribution in [0, 0.1) is 5.92 Å². The van der Waals surface area contributed by atoms with E-state index in [0.717, 1.165) is 18.8 Å². The van der Waals surface area contributed by atoms with Crippen molar-refractivity contribution in [3.8, 4) is 0 Å². The molecule has 1 fully saturated rings. The first-order chi connectivity index (χ1) is 7.86. The maximum Gasteiger partial charge on any atom is 0.293 e. The molecular formula is C14H26O2. The molecule has 0 aliphatic heterocycles. The minimum atomic E-state index is 0.199. The predicted octanol–water partition coefficient (Wildman–Crippen LogP) is 4.08. The number of unbranched alkanes of at least 4 members (excludes halogenated alkanes) is 2. The molecule has 2 unspecified atom stereocenters. The molecular weight excluding hydrogens is 200 g/mol. The van der Waals surface area contributed by atoms with Gasteiger partial charge in [-0.05, 0) is 25.2 Å². The number of rotatable bonds is 6. The third-order valence-corrected chi connectivity index (χ3v) is 3.70. The van der Waals surface area contributed by atoms with Gasteiger partial charge in [0.15, 0.2) is 0 Å². The van der Waals surface area contributed by atoms with Crippen LogP contribution < -0.4 is 0 Å². The molecule has 0 aromatic rings. The third-order valence-electron chi connectivity index (χ3n) is 3.70. The maximum absolute atomic E-state index is 10.4. The van der Waals surface area contributed by atoms with Crippen LogP contribution in [0.2, 0.25) is 0 Å². The molecule has 1 rings (SSSR count). The third kappa shape index (κ3) is 5.53. The van der Waals surface area contributed by atoms with Gasteiger partial charge in [-0.15, -0.1) is 0 Å². The van der Waals surface area contributed by atoms with Crippen molar-refractivity contribution in [3.05, 3.63) is 0 Å². The van der Waals surface area contributed by atoms with Crippen molar-refractivity contribution in [1.29, 1.82) is 0 Å². The first kappa shape index (κ1) is 13.5. The molecule has 0 amide bonds. The van der Waals surface area contributed by atoms with Gasteiger partial charge in [0.25, 0.3) is 6.47 Å². The van der Waals surface area contributed by atoms with Crippen LogP contribution in [0.15, 0.2) is 0 Å². The molecule has 0 heterocycles. The standard InChI is InChI=1S/C14H26O2/c1-2-3-5-8-13-9-6-4-7-10-14(11-13)16-12-15/h12-14H,2-11H2,1H3. The second-order valence-electron chi connectivity index (χ2n) is 5.09. The second kappa shape index (κ2) is 8.60. The Hall–Kier alpha value is -0.530. The predicted molar refractivity (Wildman–Crippen MR) is 66.3 cm³/mol. The SMILES string of the molecule is CCCCCC1CCCCCC(OC=O)C1. The lowest BCUT2D eigenvalue weighted by atomic mass is 9.86.